The maximum Gasteiger partial charge on any atom is 0.306 e. The SMILES string of the molecule is CCCCCCCCCCCCCCCCCCCCCCCCCCC(=O)OC(COC(=O)CCCCCCCCCCCC)COP(=O)([O-])OCC[N+](C)(C)C. The highest BCUT2D eigenvalue weighted by molar-refractivity contribution is 7.45. The van der Waals surface area contributed by atoms with Gasteiger partial charge in [0.1, 0.15) is 19.8 Å². The zero-order valence-electron chi connectivity index (χ0n) is 39.0. The fourth-order valence-corrected chi connectivity index (χ4v) is 7.97. The van der Waals surface area contributed by atoms with Gasteiger partial charge in [-0.3, -0.25) is 14.2 Å². The Morgan fingerprint density at radius 1 is 0.466 bits per heavy atom. The average Bonchev–Trinajstić information content (AvgIpc) is 3.17. The third-order valence-corrected chi connectivity index (χ3v) is 12.1. The van der Waals surface area contributed by atoms with Crippen LogP contribution in [-0.2, 0) is 32.7 Å². The van der Waals surface area contributed by atoms with Crippen molar-refractivity contribution in [3.05, 3.63) is 0 Å². The number of unbranched alkanes of at least 4 members (excludes halogenated alkanes) is 32. The van der Waals surface area contributed by atoms with Crippen molar-refractivity contribution in [3.8, 4) is 0 Å². The summed E-state index contributed by atoms with van der Waals surface area (Å²) in [5.74, 6) is -0.819. The number of rotatable bonds is 46. The monoisotopic (exact) mass is 846 g/mol. The van der Waals surface area contributed by atoms with Gasteiger partial charge in [0.2, 0.25) is 0 Å². The fourth-order valence-electron chi connectivity index (χ4n) is 7.25. The van der Waals surface area contributed by atoms with Crippen LogP contribution in [0, 0.1) is 0 Å². The lowest BCUT2D eigenvalue weighted by Gasteiger charge is -2.28. The predicted octanol–water partition coefficient (Wildman–Crippen LogP) is 13.7. The zero-order chi connectivity index (χ0) is 42.8. The molecule has 10 heteroatoms. The molecule has 2 atom stereocenters. The van der Waals surface area contributed by atoms with E-state index in [9.17, 15) is 19.0 Å². The van der Waals surface area contributed by atoms with Crippen molar-refractivity contribution in [2.75, 3.05) is 47.5 Å². The van der Waals surface area contributed by atoms with Crippen molar-refractivity contribution < 1.29 is 42.1 Å². The van der Waals surface area contributed by atoms with Crippen LogP contribution < -0.4 is 4.89 Å². The first kappa shape index (κ1) is 57.0. The van der Waals surface area contributed by atoms with E-state index in [-0.39, 0.29) is 32.0 Å². The Labute approximate surface area is 359 Å². The van der Waals surface area contributed by atoms with Crippen molar-refractivity contribution in [3.63, 3.8) is 0 Å². The molecule has 0 heterocycles. The Balaban J connectivity index is 4.10. The van der Waals surface area contributed by atoms with Gasteiger partial charge in [-0.25, -0.2) is 0 Å². The van der Waals surface area contributed by atoms with Gasteiger partial charge in [0.25, 0.3) is 7.82 Å². The van der Waals surface area contributed by atoms with Crippen molar-refractivity contribution >= 4 is 19.8 Å². The number of carbonyl (C=O) groups excluding carboxylic acids is 2. The van der Waals surface area contributed by atoms with E-state index in [1.165, 1.54) is 180 Å². The smallest absolute Gasteiger partial charge is 0.306 e. The summed E-state index contributed by atoms with van der Waals surface area (Å²) in [6.45, 7) is 4.26. The minimum absolute atomic E-state index is 0.0257. The number of esters is 2. The van der Waals surface area contributed by atoms with Crippen LogP contribution in [0.2, 0.25) is 0 Å². The number of phosphoric acid groups is 1. The Morgan fingerprint density at radius 3 is 1.10 bits per heavy atom. The first-order valence-corrected chi connectivity index (χ1v) is 26.2. The largest absolute Gasteiger partial charge is 0.756 e. The second-order valence-corrected chi connectivity index (χ2v) is 19.6. The molecule has 0 saturated heterocycles. The van der Waals surface area contributed by atoms with Gasteiger partial charge in [-0.15, -0.1) is 0 Å². The topological polar surface area (TPSA) is 111 Å². The van der Waals surface area contributed by atoms with E-state index < -0.39 is 26.5 Å². The number of carbonyl (C=O) groups is 2. The second kappa shape index (κ2) is 41.4. The third-order valence-electron chi connectivity index (χ3n) is 11.1. The maximum absolute atomic E-state index is 12.7. The number of quaternary nitrogens is 1. The highest BCUT2D eigenvalue weighted by Crippen LogP contribution is 2.38. The summed E-state index contributed by atoms with van der Waals surface area (Å²) < 4.78 is 33.9. The normalized spacial score (nSPS) is 13.4. The summed E-state index contributed by atoms with van der Waals surface area (Å²) >= 11 is 0. The molecule has 0 aliphatic heterocycles. The zero-order valence-corrected chi connectivity index (χ0v) is 39.9. The summed E-state index contributed by atoms with van der Waals surface area (Å²) in [7, 11) is 1.18. The number of hydrogen-bond donors (Lipinski definition) is 0. The van der Waals surface area contributed by atoms with Crippen LogP contribution in [-0.4, -0.2) is 70.0 Å². The van der Waals surface area contributed by atoms with Gasteiger partial charge in [0, 0.05) is 12.8 Å². The minimum atomic E-state index is -4.62. The molecule has 0 saturated carbocycles. The molecule has 0 amide bonds. The Hall–Kier alpha value is -0.990. The Bertz CT molecular complexity index is 958. The summed E-state index contributed by atoms with van der Waals surface area (Å²) in [4.78, 5) is 37.5. The predicted molar refractivity (Wildman–Crippen MR) is 241 cm³/mol. The fraction of sp³-hybridized carbons (Fsp3) is 0.958. The van der Waals surface area contributed by atoms with Crippen LogP contribution in [0.3, 0.4) is 0 Å². The number of hydrogen-bond acceptors (Lipinski definition) is 8. The molecule has 58 heavy (non-hydrogen) atoms. The van der Waals surface area contributed by atoms with Crippen LogP contribution in [0.25, 0.3) is 0 Å². The summed E-state index contributed by atoms with van der Waals surface area (Å²) in [6, 6.07) is 0. The van der Waals surface area contributed by atoms with Crippen molar-refractivity contribution in [1.82, 2.24) is 0 Å². The van der Waals surface area contributed by atoms with Crippen LogP contribution >= 0.6 is 7.82 Å². The van der Waals surface area contributed by atoms with Gasteiger partial charge in [0.05, 0.1) is 27.7 Å². The van der Waals surface area contributed by atoms with Gasteiger partial charge in [-0.1, -0.05) is 219 Å². The quantitative estimate of drug-likeness (QED) is 0.0258. The van der Waals surface area contributed by atoms with Crippen molar-refractivity contribution in [2.24, 2.45) is 0 Å². The average molecular weight is 846 g/mol. The molecule has 0 rings (SSSR count). The molecule has 0 spiro atoms. The molecule has 9 nitrogen and oxygen atoms in total. The van der Waals surface area contributed by atoms with Gasteiger partial charge in [-0.2, -0.15) is 0 Å². The molecule has 0 radical (unpaired) electrons. The van der Waals surface area contributed by atoms with E-state index in [0.717, 1.165) is 32.1 Å². The summed E-state index contributed by atoms with van der Waals surface area (Å²) in [6.07, 6.45) is 42.9. The molecule has 2 unspecified atom stereocenters. The van der Waals surface area contributed by atoms with Gasteiger partial charge < -0.3 is 27.9 Å². The highest BCUT2D eigenvalue weighted by atomic mass is 31.2. The number of phosphoric ester groups is 1. The number of ether oxygens (including phenoxy) is 2. The number of likely N-dealkylation sites (N-methyl/N-ethyl adjacent to an activating group) is 1. The second-order valence-electron chi connectivity index (χ2n) is 18.2. The molecule has 346 valence electrons. The molecule has 0 aromatic carbocycles. The third kappa shape index (κ3) is 44.6. The molecule has 0 N–H and O–H groups in total. The van der Waals surface area contributed by atoms with Gasteiger partial charge >= 0.3 is 11.9 Å². The lowest BCUT2D eigenvalue weighted by Crippen LogP contribution is -2.37. The van der Waals surface area contributed by atoms with E-state index in [2.05, 4.69) is 13.8 Å². The van der Waals surface area contributed by atoms with Crippen LogP contribution in [0.5, 0.6) is 0 Å². The minimum Gasteiger partial charge on any atom is -0.756 e. The number of nitrogens with zero attached hydrogens (tertiary/aromatic N) is 1. The molecular weight excluding hydrogens is 750 g/mol. The molecule has 0 aliphatic rings. The molecule has 0 bridgehead atoms. The van der Waals surface area contributed by atoms with Gasteiger partial charge in [-0.05, 0) is 12.8 Å². The molecule has 0 aromatic rings. The maximum atomic E-state index is 12.7. The first-order valence-electron chi connectivity index (χ1n) is 24.7. The van der Waals surface area contributed by atoms with Crippen molar-refractivity contribution in [2.45, 2.75) is 251 Å². The molecular formula is C48H96NO8P. The summed E-state index contributed by atoms with van der Waals surface area (Å²) in [5.41, 5.74) is 0. The van der Waals surface area contributed by atoms with E-state index >= 15 is 0 Å². The van der Waals surface area contributed by atoms with Crippen LogP contribution in [0.15, 0.2) is 0 Å². The molecule has 0 aromatic heterocycles. The Morgan fingerprint density at radius 2 is 0.776 bits per heavy atom. The lowest BCUT2D eigenvalue weighted by molar-refractivity contribution is -0.870. The van der Waals surface area contributed by atoms with E-state index in [1.54, 1.807) is 0 Å². The van der Waals surface area contributed by atoms with Crippen LogP contribution in [0.1, 0.15) is 245 Å². The molecule has 0 fully saturated rings. The van der Waals surface area contributed by atoms with E-state index in [4.69, 9.17) is 18.5 Å². The van der Waals surface area contributed by atoms with E-state index in [1.807, 2.05) is 21.1 Å². The van der Waals surface area contributed by atoms with Crippen LogP contribution in [0.4, 0.5) is 0 Å². The summed E-state index contributed by atoms with van der Waals surface area (Å²) in [5, 5.41) is 0. The first-order chi connectivity index (χ1) is 28.0. The van der Waals surface area contributed by atoms with E-state index in [0.29, 0.717) is 17.4 Å². The van der Waals surface area contributed by atoms with Crippen molar-refractivity contribution in [1.29, 1.82) is 0 Å². The standard InChI is InChI=1S/C48H96NO8P/c1-6-8-10-12-14-16-18-19-20-21-22-23-24-25-26-27-28-29-30-31-33-35-37-39-41-48(51)57-46(45-56-58(52,53)55-43-42-49(3,4)5)44-54-47(50)40-38-36-34-32-17-15-13-11-9-7-2/h46H,6-45H2,1-5H3. The van der Waals surface area contributed by atoms with Gasteiger partial charge in [0.15, 0.2) is 6.10 Å². The lowest BCUT2D eigenvalue weighted by atomic mass is 10.0. The highest BCUT2D eigenvalue weighted by Gasteiger charge is 2.21. The molecule has 0 aliphatic carbocycles. The Kier molecular flexibility index (Phi) is 40.7.